The average molecular weight is 216 g/mol. The number of aromatic hydroxyl groups is 1. The molecule has 0 radical (unpaired) electrons. The minimum Gasteiger partial charge on any atom is -0.508 e. The van der Waals surface area contributed by atoms with Gasteiger partial charge in [-0.1, -0.05) is 25.4 Å². The third-order valence-electron chi connectivity index (χ3n) is 1.98. The average Bonchev–Trinajstić information content (AvgIpc) is 2.08. The van der Waals surface area contributed by atoms with Crippen molar-refractivity contribution in [1.29, 1.82) is 0 Å². The van der Waals surface area contributed by atoms with E-state index in [-0.39, 0.29) is 13.2 Å². The topological polar surface area (TPSA) is 46.2 Å². The highest BCUT2D eigenvalue weighted by molar-refractivity contribution is 6.30. The van der Waals surface area contributed by atoms with Crippen molar-refractivity contribution in [3.8, 4) is 5.75 Å². The Balaban J connectivity index is 0.000000246. The summed E-state index contributed by atoms with van der Waals surface area (Å²) in [7, 11) is 0. The van der Waals surface area contributed by atoms with E-state index in [1.807, 2.05) is 0 Å². The van der Waals surface area contributed by atoms with E-state index in [0.717, 1.165) is 0 Å². The van der Waals surface area contributed by atoms with Gasteiger partial charge in [0.25, 0.3) is 0 Å². The lowest BCUT2D eigenvalue weighted by atomic mass is 9.95. The van der Waals surface area contributed by atoms with Crippen molar-refractivity contribution >= 4 is 11.6 Å². The Morgan fingerprint density at radius 1 is 1.21 bits per heavy atom. The molecule has 0 spiro atoms. The number of rotatable bonds is 0. The monoisotopic (exact) mass is 215 g/mol. The van der Waals surface area contributed by atoms with E-state index in [1.165, 1.54) is 19.3 Å². The lowest BCUT2D eigenvalue weighted by Crippen LogP contribution is -2.27. The molecule has 1 aromatic rings. The fraction of sp³-hybridized carbons (Fsp3) is 0.455. The van der Waals surface area contributed by atoms with Crippen LogP contribution in [0.1, 0.15) is 26.7 Å². The third-order valence-corrected chi connectivity index (χ3v) is 2.23. The summed E-state index contributed by atoms with van der Waals surface area (Å²) in [5.74, 6) is 0.245. The largest absolute Gasteiger partial charge is 0.508 e. The quantitative estimate of drug-likeness (QED) is 0.698. The van der Waals surface area contributed by atoms with E-state index in [1.54, 1.807) is 24.3 Å². The zero-order valence-electron chi connectivity index (χ0n) is 7.41. The lowest BCUT2D eigenvalue weighted by Gasteiger charge is -2.18. The third kappa shape index (κ3) is 5.10. The van der Waals surface area contributed by atoms with Gasteiger partial charge in [-0.25, -0.2) is 0 Å². The van der Waals surface area contributed by atoms with Crippen LogP contribution < -0.4 is 5.73 Å². The first kappa shape index (κ1) is 13.3. The summed E-state index contributed by atoms with van der Waals surface area (Å²) in [6.45, 7) is 0. The molecule has 0 heterocycles. The van der Waals surface area contributed by atoms with E-state index in [0.29, 0.717) is 11.1 Å². The van der Waals surface area contributed by atoms with Crippen molar-refractivity contribution in [2.45, 2.75) is 32.7 Å². The highest BCUT2D eigenvalue weighted by Crippen LogP contribution is 2.14. The predicted octanol–water partition coefficient (Wildman–Crippen LogP) is 3.18. The van der Waals surface area contributed by atoms with Crippen molar-refractivity contribution in [1.82, 2.24) is 0 Å². The molecule has 1 saturated carbocycles. The first-order valence-corrected chi connectivity index (χ1v) is 4.76. The summed E-state index contributed by atoms with van der Waals surface area (Å²) in [6.07, 6.45) is 3.89. The zero-order chi connectivity index (χ0) is 9.68. The fourth-order valence-electron chi connectivity index (χ4n) is 0.881. The second-order valence-corrected chi connectivity index (χ2v) is 3.60. The highest BCUT2D eigenvalue weighted by Gasteiger charge is 2.09. The van der Waals surface area contributed by atoms with Gasteiger partial charge in [-0.15, -0.1) is 0 Å². The number of hydrogen-bond acceptors (Lipinski definition) is 2. The Hall–Kier alpha value is -0.730. The first-order valence-electron chi connectivity index (χ1n) is 4.38. The van der Waals surface area contributed by atoms with Crippen LogP contribution in [-0.2, 0) is 0 Å². The molecular weight excluding hydrogens is 198 g/mol. The van der Waals surface area contributed by atoms with Crippen molar-refractivity contribution in [3.05, 3.63) is 29.3 Å². The van der Waals surface area contributed by atoms with Crippen LogP contribution >= 0.6 is 11.6 Å². The number of halogens is 1. The van der Waals surface area contributed by atoms with E-state index in [2.05, 4.69) is 0 Å². The van der Waals surface area contributed by atoms with Crippen LogP contribution in [-0.4, -0.2) is 11.1 Å². The molecule has 0 atom stereocenters. The lowest BCUT2D eigenvalue weighted by molar-refractivity contribution is 0.418. The molecule has 0 unspecified atom stereocenters. The molecule has 2 rings (SSSR count). The van der Waals surface area contributed by atoms with E-state index < -0.39 is 0 Å². The van der Waals surface area contributed by atoms with Gasteiger partial charge in [0, 0.05) is 11.1 Å². The van der Waals surface area contributed by atoms with E-state index in [4.69, 9.17) is 22.4 Å². The van der Waals surface area contributed by atoms with Crippen molar-refractivity contribution in [2.75, 3.05) is 0 Å². The molecule has 2 nitrogen and oxygen atoms in total. The molecule has 80 valence electrons. The Morgan fingerprint density at radius 2 is 1.64 bits per heavy atom. The number of nitrogens with two attached hydrogens (primary N) is 1. The Morgan fingerprint density at radius 3 is 1.86 bits per heavy atom. The highest BCUT2D eigenvalue weighted by atomic mass is 35.5. The number of phenolic OH excluding ortho intramolecular Hbond substituents is 1. The molecule has 0 amide bonds. The summed E-state index contributed by atoms with van der Waals surface area (Å²) < 4.78 is 0. The maximum atomic E-state index is 8.70. The predicted molar refractivity (Wildman–Crippen MR) is 61.7 cm³/mol. The zero-order valence-corrected chi connectivity index (χ0v) is 8.17. The van der Waals surface area contributed by atoms with Gasteiger partial charge in [-0.05, 0) is 37.1 Å². The maximum Gasteiger partial charge on any atom is 0.115 e. The number of benzene rings is 1. The molecule has 0 aliphatic heterocycles. The van der Waals surface area contributed by atoms with Gasteiger partial charge in [0.15, 0.2) is 0 Å². The maximum absolute atomic E-state index is 8.70. The summed E-state index contributed by atoms with van der Waals surface area (Å²) >= 11 is 5.50. The van der Waals surface area contributed by atoms with Crippen molar-refractivity contribution in [2.24, 2.45) is 5.73 Å². The molecule has 1 aliphatic rings. The molecule has 14 heavy (non-hydrogen) atoms. The first-order chi connectivity index (χ1) is 6.18. The molecule has 0 saturated heterocycles. The van der Waals surface area contributed by atoms with Gasteiger partial charge in [0.05, 0.1) is 0 Å². The van der Waals surface area contributed by atoms with Gasteiger partial charge in [-0.3, -0.25) is 0 Å². The summed E-state index contributed by atoms with van der Waals surface area (Å²) in [5, 5.41) is 9.34. The number of phenols is 1. The molecule has 0 bridgehead atoms. The van der Waals surface area contributed by atoms with Crippen LogP contribution in [0.15, 0.2) is 24.3 Å². The Bertz CT molecular complexity index is 223. The van der Waals surface area contributed by atoms with Gasteiger partial charge in [0.2, 0.25) is 0 Å². The molecular formula is C11H18ClNO. The summed E-state index contributed by atoms with van der Waals surface area (Å²) in [6, 6.07) is 6.92. The SMILES string of the molecule is C.NC1CCC1.Oc1ccc(Cl)cc1. The second kappa shape index (κ2) is 6.68. The molecule has 3 heteroatoms. The normalized spacial score (nSPS) is 14.4. The number of hydrogen-bond donors (Lipinski definition) is 2. The molecule has 1 aliphatic carbocycles. The fourth-order valence-corrected chi connectivity index (χ4v) is 1.01. The summed E-state index contributed by atoms with van der Waals surface area (Å²) in [4.78, 5) is 0. The van der Waals surface area contributed by atoms with E-state index >= 15 is 0 Å². The van der Waals surface area contributed by atoms with Crippen LogP contribution in [0.3, 0.4) is 0 Å². The standard InChI is InChI=1S/C6H5ClO.C4H9N.CH4/c7-5-1-3-6(8)4-2-5;5-4-2-1-3-4;/h1-4,8H;4H,1-3,5H2;1H4. The smallest absolute Gasteiger partial charge is 0.115 e. The van der Waals surface area contributed by atoms with Gasteiger partial charge in [-0.2, -0.15) is 0 Å². The minimum absolute atomic E-state index is 0. The second-order valence-electron chi connectivity index (χ2n) is 3.17. The summed E-state index contributed by atoms with van der Waals surface area (Å²) in [5.41, 5.74) is 5.38. The minimum atomic E-state index is 0. The van der Waals surface area contributed by atoms with Gasteiger partial charge < -0.3 is 10.8 Å². The van der Waals surface area contributed by atoms with Crippen LogP contribution in [0.4, 0.5) is 0 Å². The van der Waals surface area contributed by atoms with Crippen molar-refractivity contribution in [3.63, 3.8) is 0 Å². The van der Waals surface area contributed by atoms with Gasteiger partial charge >= 0.3 is 0 Å². The Kier molecular flexibility index (Phi) is 6.34. The Labute approximate surface area is 90.7 Å². The van der Waals surface area contributed by atoms with Crippen LogP contribution in [0.2, 0.25) is 5.02 Å². The molecule has 1 aromatic carbocycles. The van der Waals surface area contributed by atoms with Gasteiger partial charge in [0.1, 0.15) is 5.75 Å². The molecule has 3 N–H and O–H groups in total. The van der Waals surface area contributed by atoms with Crippen LogP contribution in [0, 0.1) is 0 Å². The van der Waals surface area contributed by atoms with Crippen LogP contribution in [0.25, 0.3) is 0 Å². The molecule has 0 aromatic heterocycles. The van der Waals surface area contributed by atoms with Crippen LogP contribution in [0.5, 0.6) is 5.75 Å². The molecule has 1 fully saturated rings. The van der Waals surface area contributed by atoms with Crippen molar-refractivity contribution < 1.29 is 5.11 Å². The van der Waals surface area contributed by atoms with E-state index in [9.17, 15) is 0 Å².